The predicted octanol–water partition coefficient (Wildman–Crippen LogP) is 14.1. The molecule has 4 aromatic heterocycles. The Kier molecular flexibility index (Phi) is 12.9. The minimum absolute atomic E-state index is 0. The zero-order valence-corrected chi connectivity index (χ0v) is 40.0. The molecule has 0 saturated heterocycles. The van der Waals surface area contributed by atoms with Crippen molar-refractivity contribution >= 4 is 46.4 Å². The molecule has 7 heteroatoms. The molecule has 0 spiro atoms. The zero-order valence-electron chi connectivity index (χ0n) is 36.6. The molecule has 4 heterocycles. The normalized spacial score (nSPS) is 13.3. The van der Waals surface area contributed by atoms with Crippen molar-refractivity contribution in [3.05, 3.63) is 163 Å². The summed E-state index contributed by atoms with van der Waals surface area (Å²) in [7, 11) is -1.36. The van der Waals surface area contributed by atoms with Crippen LogP contribution in [0.25, 0.3) is 72.6 Å². The standard InChI is InChI=1S/C34H26N3O.C21H28NSi.Ir/c1-21(2)26-19-20-28(32-31(26)27-18-13-22(3)35-34(27)38-32)33-36-29-11-7-8-12-30(29)37(33)25-16-14-24(15-17-25)23-9-5-4-6-10-23;1-23(2,3)21-16-22-20(18-12-8-5-9-13-18)15-19(21)14-17-10-6-4-7-11-17;/h4-19,21H,1-3H3;5,8-9,12,15-17H,4,6-7,10-11,14H2,1-3H3;/q2*-1;. The summed E-state index contributed by atoms with van der Waals surface area (Å²) >= 11 is 0. The van der Waals surface area contributed by atoms with Gasteiger partial charge in [-0.15, -0.1) is 53.6 Å². The molecule has 9 aromatic rings. The predicted molar refractivity (Wildman–Crippen MR) is 256 cm³/mol. The van der Waals surface area contributed by atoms with Gasteiger partial charge in [0, 0.05) is 43.1 Å². The van der Waals surface area contributed by atoms with Gasteiger partial charge in [0.05, 0.1) is 30.5 Å². The fraction of sp³-hybridized carbons (Fsp3) is 0.255. The maximum Gasteiger partial charge on any atom is 0.216 e. The molecule has 10 rings (SSSR count). The Morgan fingerprint density at radius 2 is 1.52 bits per heavy atom. The number of nitrogens with zero attached hydrogens (tertiary/aromatic N) is 4. The maximum atomic E-state index is 6.48. The molecule has 1 radical (unpaired) electrons. The molecule has 1 fully saturated rings. The summed E-state index contributed by atoms with van der Waals surface area (Å²) in [6.45, 7) is 13.7. The van der Waals surface area contributed by atoms with E-state index in [4.69, 9.17) is 19.4 Å². The number of para-hydroxylation sites is 2. The first-order chi connectivity index (χ1) is 29.6. The Hall–Kier alpha value is -5.46. The first-order valence-corrected chi connectivity index (χ1v) is 25.5. The van der Waals surface area contributed by atoms with Crippen LogP contribution < -0.4 is 5.19 Å². The Balaban J connectivity index is 0.000000190. The number of pyridine rings is 2. The van der Waals surface area contributed by atoms with Crippen molar-refractivity contribution in [2.75, 3.05) is 0 Å². The fourth-order valence-corrected chi connectivity index (χ4v) is 10.7. The number of aryl methyl sites for hydroxylation is 1. The van der Waals surface area contributed by atoms with Crippen LogP contribution in [0.5, 0.6) is 0 Å². The van der Waals surface area contributed by atoms with Crippen LogP contribution in [0.15, 0.2) is 138 Å². The molecule has 5 nitrogen and oxygen atoms in total. The summed E-state index contributed by atoms with van der Waals surface area (Å²) in [5, 5.41) is 3.66. The Morgan fingerprint density at radius 3 is 2.24 bits per heavy atom. The van der Waals surface area contributed by atoms with Gasteiger partial charge in [0.25, 0.3) is 0 Å². The van der Waals surface area contributed by atoms with Crippen LogP contribution in [0.3, 0.4) is 0 Å². The monoisotopic (exact) mass is 1010 g/mol. The molecule has 1 aliphatic rings. The van der Waals surface area contributed by atoms with Gasteiger partial charge in [-0.05, 0) is 77.7 Å². The molecule has 1 saturated carbocycles. The van der Waals surface area contributed by atoms with E-state index in [-0.39, 0.29) is 20.1 Å². The van der Waals surface area contributed by atoms with Crippen LogP contribution in [0, 0.1) is 25.0 Å². The summed E-state index contributed by atoms with van der Waals surface area (Å²) < 4.78 is 8.68. The number of imidazole rings is 1. The number of hydrogen-bond acceptors (Lipinski definition) is 4. The van der Waals surface area contributed by atoms with E-state index in [0.717, 1.165) is 67.3 Å². The number of fused-ring (bicyclic) bond motifs is 4. The minimum Gasteiger partial charge on any atom is -0.486 e. The average Bonchev–Trinajstić information content (AvgIpc) is 3.86. The Morgan fingerprint density at radius 1 is 0.790 bits per heavy atom. The van der Waals surface area contributed by atoms with E-state index in [1.165, 1.54) is 55.2 Å². The summed E-state index contributed by atoms with van der Waals surface area (Å²) in [5.74, 6) is 1.98. The van der Waals surface area contributed by atoms with Crippen LogP contribution in [-0.4, -0.2) is 27.6 Å². The zero-order chi connectivity index (χ0) is 42.1. The molecule has 62 heavy (non-hydrogen) atoms. The number of rotatable bonds is 8. The summed E-state index contributed by atoms with van der Waals surface area (Å²) in [4.78, 5) is 14.6. The summed E-state index contributed by atoms with van der Waals surface area (Å²) in [6.07, 6.45) is 10.5. The van der Waals surface area contributed by atoms with Crippen molar-refractivity contribution in [1.82, 2.24) is 19.5 Å². The molecule has 0 amide bonds. The number of aromatic nitrogens is 4. The van der Waals surface area contributed by atoms with Crippen LogP contribution in [-0.2, 0) is 26.5 Å². The Labute approximate surface area is 381 Å². The van der Waals surface area contributed by atoms with Gasteiger partial charge in [0.2, 0.25) is 5.71 Å². The third kappa shape index (κ3) is 8.90. The molecule has 315 valence electrons. The average molecular weight is 1010 g/mol. The van der Waals surface area contributed by atoms with Crippen molar-refractivity contribution in [1.29, 1.82) is 0 Å². The maximum absolute atomic E-state index is 6.48. The van der Waals surface area contributed by atoms with Crippen molar-refractivity contribution in [3.63, 3.8) is 0 Å². The first kappa shape index (κ1) is 43.2. The second-order valence-corrected chi connectivity index (χ2v) is 23.1. The van der Waals surface area contributed by atoms with E-state index in [2.05, 4.69) is 153 Å². The van der Waals surface area contributed by atoms with E-state index in [1.54, 1.807) is 10.8 Å². The van der Waals surface area contributed by atoms with Gasteiger partial charge in [0.1, 0.15) is 0 Å². The van der Waals surface area contributed by atoms with Gasteiger partial charge in [-0.25, -0.2) is 4.98 Å². The minimum atomic E-state index is -1.36. The largest absolute Gasteiger partial charge is 0.486 e. The van der Waals surface area contributed by atoms with Crippen LogP contribution >= 0.6 is 0 Å². The van der Waals surface area contributed by atoms with Gasteiger partial charge in [0.15, 0.2) is 0 Å². The van der Waals surface area contributed by atoms with Crippen molar-refractivity contribution in [2.45, 2.75) is 84.9 Å². The molecule has 0 aliphatic heterocycles. The van der Waals surface area contributed by atoms with E-state index in [0.29, 0.717) is 11.6 Å². The number of furan rings is 1. The smallest absolute Gasteiger partial charge is 0.216 e. The SMILES string of the molecule is C[Si](C)(C)c1cnc(-c2[c-]cccc2)cc1CC1CCCCC1.Cc1ccc2c(n1)oc1c(-c3nc4ccccc4n3-c3ccc(-c4ccccc4)cc3)[c-]cc(C(C)C)c12.[Ir]. The molecule has 0 unspecified atom stereocenters. The van der Waals surface area contributed by atoms with Gasteiger partial charge < -0.3 is 14.0 Å². The van der Waals surface area contributed by atoms with E-state index in [9.17, 15) is 0 Å². The van der Waals surface area contributed by atoms with Crippen molar-refractivity contribution in [2.24, 2.45) is 5.92 Å². The van der Waals surface area contributed by atoms with E-state index >= 15 is 0 Å². The van der Waals surface area contributed by atoms with Gasteiger partial charge in [-0.1, -0.05) is 149 Å². The Bertz CT molecular complexity index is 2940. The van der Waals surface area contributed by atoms with Crippen LogP contribution in [0.2, 0.25) is 19.6 Å². The van der Waals surface area contributed by atoms with Gasteiger partial charge in [-0.3, -0.25) is 4.98 Å². The van der Waals surface area contributed by atoms with Crippen LogP contribution in [0.4, 0.5) is 0 Å². The third-order valence-corrected chi connectivity index (χ3v) is 14.3. The topological polar surface area (TPSA) is 56.7 Å². The quantitative estimate of drug-likeness (QED) is 0.112. The fourth-order valence-electron chi connectivity index (χ4n) is 9.07. The van der Waals surface area contributed by atoms with Gasteiger partial charge in [-0.2, -0.15) is 0 Å². The van der Waals surface area contributed by atoms with E-state index in [1.807, 2.05) is 37.3 Å². The molecule has 0 bridgehead atoms. The molecule has 1 aliphatic carbocycles. The molecule has 0 N–H and O–H groups in total. The van der Waals surface area contributed by atoms with Crippen LogP contribution in [0.1, 0.15) is 68.7 Å². The summed E-state index contributed by atoms with van der Waals surface area (Å²) in [5.41, 5.74) is 13.5. The molecule has 0 atom stereocenters. The van der Waals surface area contributed by atoms with E-state index < -0.39 is 8.07 Å². The summed E-state index contributed by atoms with van der Waals surface area (Å²) in [6, 6.07) is 51.0. The van der Waals surface area contributed by atoms with Crippen molar-refractivity contribution in [3.8, 4) is 39.5 Å². The molecular formula is C55H54IrN4OSi-2. The number of benzene rings is 5. The first-order valence-electron chi connectivity index (χ1n) is 22.0. The van der Waals surface area contributed by atoms with Crippen molar-refractivity contribution < 1.29 is 24.5 Å². The third-order valence-electron chi connectivity index (χ3n) is 12.2. The second-order valence-electron chi connectivity index (χ2n) is 18.0. The molecular weight excluding hydrogens is 953 g/mol. The van der Waals surface area contributed by atoms with Gasteiger partial charge >= 0.3 is 0 Å². The molecule has 5 aromatic carbocycles. The second kappa shape index (κ2) is 18.5. The number of hydrogen-bond donors (Lipinski definition) is 0.